The Hall–Kier alpha value is -3.14. The third-order valence-corrected chi connectivity index (χ3v) is 5.46. The number of fused-ring (bicyclic) bond motifs is 1. The molecule has 1 fully saturated rings. The van der Waals surface area contributed by atoms with Crippen LogP contribution >= 0.6 is 0 Å². The van der Waals surface area contributed by atoms with E-state index in [-0.39, 0.29) is 17.7 Å². The van der Waals surface area contributed by atoms with Gasteiger partial charge < -0.3 is 10.2 Å². The molecule has 0 bridgehead atoms. The summed E-state index contributed by atoms with van der Waals surface area (Å²) in [7, 11) is 0. The Balaban J connectivity index is 1.41. The SMILES string of the molecule is Cc1cccc(NC(=O)C2CCN(C(=O)c3cccc4ccccc34)CC2)c1. The number of aryl methyl sites for hydroxylation is 1. The zero-order valence-electron chi connectivity index (χ0n) is 16.0. The number of anilines is 1. The summed E-state index contributed by atoms with van der Waals surface area (Å²) < 4.78 is 0. The first kappa shape index (κ1) is 18.2. The van der Waals surface area contributed by atoms with Crippen molar-refractivity contribution in [3.63, 3.8) is 0 Å². The van der Waals surface area contributed by atoms with E-state index < -0.39 is 0 Å². The Morgan fingerprint density at radius 3 is 2.43 bits per heavy atom. The largest absolute Gasteiger partial charge is 0.339 e. The third-order valence-electron chi connectivity index (χ3n) is 5.46. The van der Waals surface area contributed by atoms with E-state index in [4.69, 9.17) is 0 Å². The summed E-state index contributed by atoms with van der Waals surface area (Å²) in [6.45, 7) is 3.22. The Morgan fingerprint density at radius 1 is 0.929 bits per heavy atom. The van der Waals surface area contributed by atoms with Crippen molar-refractivity contribution < 1.29 is 9.59 Å². The summed E-state index contributed by atoms with van der Waals surface area (Å²) in [6, 6.07) is 21.6. The number of hydrogen-bond acceptors (Lipinski definition) is 2. The molecule has 0 unspecified atom stereocenters. The molecule has 142 valence electrons. The molecule has 1 aliphatic rings. The summed E-state index contributed by atoms with van der Waals surface area (Å²) in [6.07, 6.45) is 1.38. The summed E-state index contributed by atoms with van der Waals surface area (Å²) >= 11 is 0. The van der Waals surface area contributed by atoms with Crippen LogP contribution in [0.15, 0.2) is 66.7 Å². The highest BCUT2D eigenvalue weighted by molar-refractivity contribution is 6.07. The van der Waals surface area contributed by atoms with Crippen molar-refractivity contribution in [2.24, 2.45) is 5.92 Å². The quantitative estimate of drug-likeness (QED) is 0.728. The lowest BCUT2D eigenvalue weighted by Crippen LogP contribution is -2.41. The van der Waals surface area contributed by atoms with Crippen LogP contribution in [0, 0.1) is 12.8 Å². The molecule has 1 N–H and O–H groups in total. The molecular weight excluding hydrogens is 348 g/mol. The molecular formula is C24H24N2O2. The van der Waals surface area contributed by atoms with Gasteiger partial charge in [-0.3, -0.25) is 9.59 Å². The minimum absolute atomic E-state index is 0.0443. The zero-order valence-corrected chi connectivity index (χ0v) is 16.0. The summed E-state index contributed by atoms with van der Waals surface area (Å²) in [4.78, 5) is 27.5. The van der Waals surface area contributed by atoms with Crippen molar-refractivity contribution in [2.75, 3.05) is 18.4 Å². The van der Waals surface area contributed by atoms with Crippen LogP contribution in [0.3, 0.4) is 0 Å². The molecule has 3 aromatic rings. The number of benzene rings is 3. The van der Waals surface area contributed by atoms with E-state index in [0.29, 0.717) is 25.9 Å². The topological polar surface area (TPSA) is 49.4 Å². The van der Waals surface area contributed by atoms with Crippen LogP contribution in [-0.4, -0.2) is 29.8 Å². The minimum Gasteiger partial charge on any atom is -0.339 e. The van der Waals surface area contributed by atoms with E-state index in [9.17, 15) is 9.59 Å². The Kier molecular flexibility index (Phi) is 5.11. The number of carbonyl (C=O) groups excluding carboxylic acids is 2. The lowest BCUT2D eigenvalue weighted by atomic mass is 9.94. The smallest absolute Gasteiger partial charge is 0.254 e. The van der Waals surface area contributed by atoms with Crippen LogP contribution in [0.5, 0.6) is 0 Å². The second kappa shape index (κ2) is 7.85. The van der Waals surface area contributed by atoms with Gasteiger partial charge in [-0.2, -0.15) is 0 Å². The van der Waals surface area contributed by atoms with Gasteiger partial charge in [-0.15, -0.1) is 0 Å². The molecule has 0 saturated carbocycles. The van der Waals surface area contributed by atoms with Crippen LogP contribution < -0.4 is 5.32 Å². The molecule has 3 aromatic carbocycles. The van der Waals surface area contributed by atoms with E-state index >= 15 is 0 Å². The van der Waals surface area contributed by atoms with Crippen LogP contribution in [0.1, 0.15) is 28.8 Å². The van der Waals surface area contributed by atoms with Crippen molar-refractivity contribution in [2.45, 2.75) is 19.8 Å². The number of nitrogens with one attached hydrogen (secondary N) is 1. The highest BCUT2D eigenvalue weighted by Gasteiger charge is 2.28. The van der Waals surface area contributed by atoms with Crippen LogP contribution in [0.25, 0.3) is 10.8 Å². The highest BCUT2D eigenvalue weighted by Crippen LogP contribution is 2.24. The number of rotatable bonds is 3. The highest BCUT2D eigenvalue weighted by atomic mass is 16.2. The molecule has 2 amide bonds. The van der Waals surface area contributed by atoms with E-state index in [1.54, 1.807) is 0 Å². The maximum atomic E-state index is 13.0. The van der Waals surface area contributed by atoms with Crippen LogP contribution in [0.4, 0.5) is 5.69 Å². The molecule has 4 rings (SSSR count). The van der Waals surface area contributed by atoms with E-state index in [0.717, 1.165) is 27.6 Å². The lowest BCUT2D eigenvalue weighted by molar-refractivity contribution is -0.121. The first-order valence-electron chi connectivity index (χ1n) is 9.76. The molecule has 4 nitrogen and oxygen atoms in total. The Morgan fingerprint density at radius 2 is 1.64 bits per heavy atom. The maximum Gasteiger partial charge on any atom is 0.254 e. The fourth-order valence-corrected chi connectivity index (χ4v) is 3.89. The van der Waals surface area contributed by atoms with Gasteiger partial charge >= 0.3 is 0 Å². The molecule has 1 aliphatic heterocycles. The van der Waals surface area contributed by atoms with E-state index in [1.165, 1.54) is 0 Å². The third kappa shape index (κ3) is 3.77. The van der Waals surface area contributed by atoms with Gasteiger partial charge in [-0.05, 0) is 54.3 Å². The second-order valence-electron chi connectivity index (χ2n) is 7.45. The predicted molar refractivity (Wildman–Crippen MR) is 112 cm³/mol. The van der Waals surface area contributed by atoms with Crippen molar-refractivity contribution >= 4 is 28.3 Å². The number of nitrogens with zero attached hydrogens (tertiary/aromatic N) is 1. The van der Waals surface area contributed by atoms with Gasteiger partial charge in [0.15, 0.2) is 0 Å². The second-order valence-corrected chi connectivity index (χ2v) is 7.45. The summed E-state index contributed by atoms with van der Waals surface area (Å²) in [5, 5.41) is 5.06. The molecule has 0 atom stereocenters. The molecule has 0 aromatic heterocycles. The van der Waals surface area contributed by atoms with Crippen LogP contribution in [-0.2, 0) is 4.79 Å². The number of carbonyl (C=O) groups is 2. The van der Waals surface area contributed by atoms with Crippen molar-refractivity contribution in [3.8, 4) is 0 Å². The van der Waals surface area contributed by atoms with Crippen molar-refractivity contribution in [1.29, 1.82) is 0 Å². The molecule has 1 heterocycles. The fourth-order valence-electron chi connectivity index (χ4n) is 3.89. The first-order valence-corrected chi connectivity index (χ1v) is 9.76. The maximum absolute atomic E-state index is 13.0. The van der Waals surface area contributed by atoms with Gasteiger partial charge in [0.1, 0.15) is 0 Å². The summed E-state index contributed by atoms with van der Waals surface area (Å²) in [5.41, 5.74) is 2.69. The molecule has 0 radical (unpaired) electrons. The fraction of sp³-hybridized carbons (Fsp3) is 0.250. The molecule has 28 heavy (non-hydrogen) atoms. The van der Waals surface area contributed by atoms with Crippen molar-refractivity contribution in [1.82, 2.24) is 4.90 Å². The number of hydrogen-bond donors (Lipinski definition) is 1. The van der Waals surface area contributed by atoms with Gasteiger partial charge in [-0.1, -0.05) is 48.5 Å². The number of likely N-dealkylation sites (tertiary alicyclic amines) is 1. The summed E-state index contributed by atoms with van der Waals surface area (Å²) in [5.74, 6) is 0.0364. The molecule has 0 aliphatic carbocycles. The molecule has 4 heteroatoms. The standard InChI is InChI=1S/C24H24N2O2/c1-17-6-4-9-20(16-17)25-23(27)19-12-14-26(15-13-19)24(28)22-11-5-8-18-7-2-3-10-21(18)22/h2-11,16,19H,12-15H2,1H3,(H,25,27). The normalized spacial score (nSPS) is 14.8. The van der Waals surface area contributed by atoms with Gasteiger partial charge in [0, 0.05) is 30.3 Å². The van der Waals surface area contributed by atoms with E-state index in [2.05, 4.69) is 5.32 Å². The lowest BCUT2D eigenvalue weighted by Gasteiger charge is -2.31. The average molecular weight is 372 g/mol. The van der Waals surface area contributed by atoms with Crippen LogP contribution in [0.2, 0.25) is 0 Å². The number of amides is 2. The Bertz CT molecular complexity index is 1010. The average Bonchev–Trinajstić information content (AvgIpc) is 2.73. The number of piperidine rings is 1. The first-order chi connectivity index (χ1) is 13.6. The predicted octanol–water partition coefficient (Wildman–Crippen LogP) is 4.64. The minimum atomic E-state index is -0.0583. The van der Waals surface area contributed by atoms with Gasteiger partial charge in [0.05, 0.1) is 0 Å². The van der Waals surface area contributed by atoms with E-state index in [1.807, 2.05) is 78.6 Å². The molecule has 1 saturated heterocycles. The monoisotopic (exact) mass is 372 g/mol. The zero-order chi connectivity index (χ0) is 19.5. The van der Waals surface area contributed by atoms with Crippen molar-refractivity contribution in [3.05, 3.63) is 77.9 Å². The molecule has 0 spiro atoms. The van der Waals surface area contributed by atoms with Gasteiger partial charge in [0.25, 0.3) is 5.91 Å². The van der Waals surface area contributed by atoms with Gasteiger partial charge in [0.2, 0.25) is 5.91 Å². The Labute approximate surface area is 165 Å². The van der Waals surface area contributed by atoms with Gasteiger partial charge in [-0.25, -0.2) is 0 Å².